The zero-order valence-corrected chi connectivity index (χ0v) is 19.0. The molecule has 3 heterocycles. The highest BCUT2D eigenvalue weighted by molar-refractivity contribution is 6.58. The summed E-state index contributed by atoms with van der Waals surface area (Å²) in [5, 5.41) is 22.4. The molecule has 6 nitrogen and oxygen atoms in total. The predicted molar refractivity (Wildman–Crippen MR) is 123 cm³/mol. The van der Waals surface area contributed by atoms with Crippen LogP contribution >= 0.6 is 0 Å². The summed E-state index contributed by atoms with van der Waals surface area (Å²) in [7, 11) is -1.64. The minimum atomic E-state index is -4.37. The number of fused-ring (bicyclic) bond motifs is 1. The molecular formula is C23H29BF4N4O2. The third-order valence-corrected chi connectivity index (χ3v) is 6.54. The summed E-state index contributed by atoms with van der Waals surface area (Å²) in [6.07, 6.45) is -1.85. The van der Waals surface area contributed by atoms with Gasteiger partial charge in [0.1, 0.15) is 0 Å². The summed E-state index contributed by atoms with van der Waals surface area (Å²) in [5.74, 6) is 0. The predicted octanol–water partition coefficient (Wildman–Crippen LogP) is 2.12. The average Bonchev–Trinajstić information content (AvgIpc) is 2.75. The van der Waals surface area contributed by atoms with Crippen molar-refractivity contribution in [2.45, 2.75) is 44.1 Å². The molecule has 0 radical (unpaired) electrons. The zero-order valence-electron chi connectivity index (χ0n) is 19.0. The van der Waals surface area contributed by atoms with E-state index in [2.05, 4.69) is 15.2 Å². The van der Waals surface area contributed by atoms with E-state index in [0.717, 1.165) is 30.9 Å². The summed E-state index contributed by atoms with van der Waals surface area (Å²) in [4.78, 5) is 8.08. The van der Waals surface area contributed by atoms with Gasteiger partial charge in [-0.1, -0.05) is 18.2 Å². The molecule has 0 bridgehead atoms. The lowest BCUT2D eigenvalue weighted by molar-refractivity contribution is -0.155. The standard InChI is InChI=1S/C23H29BF4N4O2/c1-15-9-16-10-17(24(33)34)3-5-20(16)22(32(15)14-23(26,27)28)21-6-4-18(11-29-21)30-19-12-31(13-19)8-2-7-25/h3-6,10-11,15,19,22,30,33-34H,2,7-9,12-14H2,1H3/t15-,22-/m1/s1. The topological polar surface area (TPSA) is 71.9 Å². The van der Waals surface area contributed by atoms with Crippen molar-refractivity contribution in [2.75, 3.05) is 38.2 Å². The highest BCUT2D eigenvalue weighted by Crippen LogP contribution is 2.38. The second-order valence-electron chi connectivity index (χ2n) is 9.19. The van der Waals surface area contributed by atoms with E-state index in [-0.39, 0.29) is 12.7 Å². The monoisotopic (exact) mass is 480 g/mol. The Balaban J connectivity index is 1.56. The van der Waals surface area contributed by atoms with Gasteiger partial charge >= 0.3 is 13.3 Å². The van der Waals surface area contributed by atoms with E-state index in [0.29, 0.717) is 29.6 Å². The maximum Gasteiger partial charge on any atom is 0.488 e. The van der Waals surface area contributed by atoms with Crippen LogP contribution in [0.5, 0.6) is 0 Å². The van der Waals surface area contributed by atoms with Crippen molar-refractivity contribution in [3.05, 3.63) is 53.3 Å². The van der Waals surface area contributed by atoms with Crippen molar-refractivity contribution in [3.8, 4) is 0 Å². The summed E-state index contributed by atoms with van der Waals surface area (Å²) in [5.41, 5.74) is 3.06. The second-order valence-corrected chi connectivity index (χ2v) is 9.19. The molecule has 2 atom stereocenters. The van der Waals surface area contributed by atoms with E-state index in [4.69, 9.17) is 0 Å². The van der Waals surface area contributed by atoms with Crippen LogP contribution in [0.15, 0.2) is 36.5 Å². The summed E-state index contributed by atoms with van der Waals surface area (Å²) >= 11 is 0. The van der Waals surface area contributed by atoms with Crippen LogP contribution in [0, 0.1) is 0 Å². The number of halogens is 4. The normalized spacial score (nSPS) is 21.7. The molecule has 1 aromatic carbocycles. The number of benzene rings is 1. The number of rotatable bonds is 8. The summed E-state index contributed by atoms with van der Waals surface area (Å²) in [6, 6.07) is 7.50. The van der Waals surface area contributed by atoms with Crippen LogP contribution in [0.1, 0.15) is 36.2 Å². The van der Waals surface area contributed by atoms with Crippen molar-refractivity contribution >= 4 is 18.3 Å². The lowest BCUT2D eigenvalue weighted by Gasteiger charge is -2.42. The fraction of sp³-hybridized carbons (Fsp3) is 0.522. The molecule has 0 saturated carbocycles. The highest BCUT2D eigenvalue weighted by Gasteiger charge is 2.41. The molecule has 184 valence electrons. The third-order valence-electron chi connectivity index (χ3n) is 6.54. The number of nitrogens with zero attached hydrogens (tertiary/aromatic N) is 3. The Morgan fingerprint density at radius 2 is 1.94 bits per heavy atom. The van der Waals surface area contributed by atoms with E-state index < -0.39 is 31.9 Å². The lowest BCUT2D eigenvalue weighted by atomic mass is 9.76. The first-order chi connectivity index (χ1) is 16.1. The molecule has 0 amide bonds. The largest absolute Gasteiger partial charge is 0.488 e. The van der Waals surface area contributed by atoms with E-state index in [1.807, 2.05) is 6.07 Å². The molecule has 2 aliphatic heterocycles. The molecule has 34 heavy (non-hydrogen) atoms. The van der Waals surface area contributed by atoms with Crippen LogP contribution in [0.2, 0.25) is 0 Å². The number of pyridine rings is 1. The SMILES string of the molecule is C[C@@H]1Cc2cc(B(O)O)ccc2[C@H](c2ccc(NC3CN(CCCF)C3)cn2)N1CC(F)(F)F. The molecule has 11 heteroatoms. The molecule has 0 aliphatic carbocycles. The molecule has 0 spiro atoms. The van der Waals surface area contributed by atoms with Crippen molar-refractivity contribution in [3.63, 3.8) is 0 Å². The summed E-state index contributed by atoms with van der Waals surface area (Å²) < 4.78 is 52.6. The van der Waals surface area contributed by atoms with Gasteiger partial charge in [0.15, 0.2) is 0 Å². The van der Waals surface area contributed by atoms with Crippen LogP contribution in [0.25, 0.3) is 0 Å². The van der Waals surface area contributed by atoms with Crippen LogP contribution in [0.3, 0.4) is 0 Å². The van der Waals surface area contributed by atoms with Gasteiger partial charge in [-0.25, -0.2) is 0 Å². The van der Waals surface area contributed by atoms with Gasteiger partial charge in [-0.05, 0) is 48.5 Å². The first-order valence-corrected chi connectivity index (χ1v) is 11.5. The van der Waals surface area contributed by atoms with Gasteiger partial charge in [0, 0.05) is 25.7 Å². The molecule has 1 fully saturated rings. The van der Waals surface area contributed by atoms with Gasteiger partial charge in [-0.2, -0.15) is 13.2 Å². The van der Waals surface area contributed by atoms with E-state index >= 15 is 0 Å². The van der Waals surface area contributed by atoms with E-state index in [9.17, 15) is 27.6 Å². The lowest BCUT2D eigenvalue weighted by Crippen LogP contribution is -2.54. The van der Waals surface area contributed by atoms with Gasteiger partial charge in [0.2, 0.25) is 0 Å². The molecule has 1 aromatic heterocycles. The molecule has 1 saturated heterocycles. The first kappa shape index (κ1) is 24.9. The number of hydrogen-bond acceptors (Lipinski definition) is 6. The minimum absolute atomic E-state index is 0.229. The molecule has 2 aromatic rings. The molecule has 4 rings (SSSR count). The Morgan fingerprint density at radius 1 is 1.18 bits per heavy atom. The van der Waals surface area contributed by atoms with Gasteiger partial charge in [-0.3, -0.25) is 19.2 Å². The molecule has 0 unspecified atom stereocenters. The maximum absolute atomic E-state index is 13.4. The van der Waals surface area contributed by atoms with E-state index in [1.165, 1.54) is 11.0 Å². The van der Waals surface area contributed by atoms with Crippen molar-refractivity contribution < 1.29 is 27.6 Å². The Hall–Kier alpha value is -2.21. The fourth-order valence-electron chi connectivity index (χ4n) is 4.90. The quantitative estimate of drug-likeness (QED) is 0.398. The zero-order chi connectivity index (χ0) is 24.5. The Labute approximate surface area is 196 Å². The number of nitrogens with one attached hydrogen (secondary N) is 1. The smallest absolute Gasteiger partial charge is 0.423 e. The molecule has 2 aliphatic rings. The number of likely N-dealkylation sites (tertiary alicyclic amines) is 1. The Kier molecular flexibility index (Phi) is 7.46. The Morgan fingerprint density at radius 3 is 2.56 bits per heavy atom. The molecule has 3 N–H and O–H groups in total. The number of hydrogen-bond donors (Lipinski definition) is 3. The van der Waals surface area contributed by atoms with Crippen molar-refractivity contribution in [1.29, 1.82) is 0 Å². The van der Waals surface area contributed by atoms with Crippen LogP contribution in [-0.2, 0) is 6.42 Å². The van der Waals surface area contributed by atoms with E-state index in [1.54, 1.807) is 31.3 Å². The number of aromatic nitrogens is 1. The van der Waals surface area contributed by atoms with Crippen molar-refractivity contribution in [1.82, 2.24) is 14.8 Å². The minimum Gasteiger partial charge on any atom is -0.423 e. The fourth-order valence-corrected chi connectivity index (χ4v) is 4.90. The van der Waals surface area contributed by atoms with Crippen molar-refractivity contribution in [2.24, 2.45) is 0 Å². The average molecular weight is 480 g/mol. The van der Waals surface area contributed by atoms with Gasteiger partial charge in [0.25, 0.3) is 0 Å². The van der Waals surface area contributed by atoms with Gasteiger partial charge < -0.3 is 15.4 Å². The number of alkyl halides is 4. The Bertz CT molecular complexity index is 970. The first-order valence-electron chi connectivity index (χ1n) is 11.5. The van der Waals surface area contributed by atoms with Gasteiger partial charge in [0.05, 0.1) is 42.9 Å². The second kappa shape index (κ2) is 10.2. The highest BCUT2D eigenvalue weighted by atomic mass is 19.4. The third kappa shape index (κ3) is 5.71. The summed E-state index contributed by atoms with van der Waals surface area (Å²) in [6.45, 7) is 2.71. The van der Waals surface area contributed by atoms with Gasteiger partial charge in [-0.15, -0.1) is 0 Å². The maximum atomic E-state index is 13.4. The van der Waals surface area contributed by atoms with Crippen LogP contribution < -0.4 is 10.8 Å². The van der Waals surface area contributed by atoms with Crippen LogP contribution in [-0.4, -0.2) is 83.1 Å². The molecular weight excluding hydrogens is 451 g/mol. The van der Waals surface area contributed by atoms with Crippen LogP contribution in [0.4, 0.5) is 23.2 Å². The number of anilines is 1.